The predicted molar refractivity (Wildman–Crippen MR) is 103 cm³/mol. The smallest absolute Gasteiger partial charge is 0.227 e. The number of amides is 1. The van der Waals surface area contributed by atoms with Crippen LogP contribution in [0.25, 0.3) is 11.3 Å². The zero-order valence-corrected chi connectivity index (χ0v) is 16.1. The number of carbonyl (C=O) groups excluding carboxylic acids is 1. The van der Waals surface area contributed by atoms with Gasteiger partial charge in [-0.05, 0) is 19.8 Å². The molecule has 0 radical (unpaired) electrons. The summed E-state index contributed by atoms with van der Waals surface area (Å²) in [5.41, 5.74) is 7.88. The van der Waals surface area contributed by atoms with E-state index in [1.807, 2.05) is 49.1 Å². The van der Waals surface area contributed by atoms with Crippen LogP contribution in [-0.4, -0.2) is 28.4 Å². The summed E-state index contributed by atoms with van der Waals surface area (Å²) in [6.45, 7) is 8.72. The van der Waals surface area contributed by atoms with E-state index in [1.165, 1.54) is 0 Å². The summed E-state index contributed by atoms with van der Waals surface area (Å²) in [6.07, 6.45) is 1.84. The first-order valence-corrected chi connectivity index (χ1v) is 9.52. The Morgan fingerprint density at radius 1 is 1.23 bits per heavy atom. The fourth-order valence-electron chi connectivity index (χ4n) is 3.46. The molecule has 0 saturated carbocycles. The highest BCUT2D eigenvalue weighted by molar-refractivity contribution is 5.80. The van der Waals surface area contributed by atoms with Gasteiger partial charge >= 0.3 is 0 Å². The van der Waals surface area contributed by atoms with Crippen LogP contribution in [0.1, 0.15) is 64.1 Å². The van der Waals surface area contributed by atoms with Crippen molar-refractivity contribution in [2.75, 3.05) is 6.54 Å². The van der Waals surface area contributed by atoms with E-state index in [0.717, 1.165) is 36.4 Å². The summed E-state index contributed by atoms with van der Waals surface area (Å²) >= 11 is 0. The Morgan fingerprint density at radius 2 is 1.92 bits per heavy atom. The molecule has 1 aliphatic heterocycles. The second kappa shape index (κ2) is 7.62. The minimum absolute atomic E-state index is 0.0908. The third kappa shape index (κ3) is 3.54. The molecule has 2 heterocycles. The van der Waals surface area contributed by atoms with E-state index in [-0.39, 0.29) is 29.8 Å². The van der Waals surface area contributed by atoms with Crippen molar-refractivity contribution in [3.63, 3.8) is 0 Å². The standard InChI is InChI=1S/C21H29N3O2/c1-13(2)19-18(16-9-6-5-7-10-16)23-20(26-19)17-11-8-12-24(17)21(25)14(3)15(4)22/h5-7,9-10,13-15,17H,8,11-12,22H2,1-4H3. The lowest BCUT2D eigenvalue weighted by Gasteiger charge is -2.27. The Morgan fingerprint density at radius 3 is 2.54 bits per heavy atom. The predicted octanol–water partition coefficient (Wildman–Crippen LogP) is 4.11. The number of likely N-dealkylation sites (tertiary alicyclic amines) is 1. The highest BCUT2D eigenvalue weighted by Gasteiger charge is 2.37. The van der Waals surface area contributed by atoms with Crippen molar-refractivity contribution in [1.29, 1.82) is 0 Å². The molecule has 3 rings (SSSR count). The third-order valence-electron chi connectivity index (χ3n) is 5.24. The Balaban J connectivity index is 1.95. The van der Waals surface area contributed by atoms with E-state index in [9.17, 15) is 4.79 Å². The van der Waals surface area contributed by atoms with Gasteiger partial charge in [0, 0.05) is 24.1 Å². The van der Waals surface area contributed by atoms with Gasteiger partial charge in [0.2, 0.25) is 11.8 Å². The molecule has 3 unspecified atom stereocenters. The number of nitrogens with zero attached hydrogens (tertiary/aromatic N) is 2. The van der Waals surface area contributed by atoms with Crippen molar-refractivity contribution in [3.05, 3.63) is 42.0 Å². The molecule has 1 aromatic heterocycles. The van der Waals surface area contributed by atoms with Gasteiger partial charge in [-0.2, -0.15) is 0 Å². The van der Waals surface area contributed by atoms with Crippen LogP contribution >= 0.6 is 0 Å². The summed E-state index contributed by atoms with van der Waals surface area (Å²) in [4.78, 5) is 19.6. The summed E-state index contributed by atoms with van der Waals surface area (Å²) < 4.78 is 6.20. The van der Waals surface area contributed by atoms with Crippen LogP contribution in [0.2, 0.25) is 0 Å². The number of nitrogens with two attached hydrogens (primary N) is 1. The molecule has 1 amide bonds. The molecule has 26 heavy (non-hydrogen) atoms. The molecule has 140 valence electrons. The average Bonchev–Trinajstić information content (AvgIpc) is 3.27. The summed E-state index contributed by atoms with van der Waals surface area (Å²) in [7, 11) is 0. The van der Waals surface area contributed by atoms with E-state index in [2.05, 4.69) is 13.8 Å². The average molecular weight is 355 g/mol. The van der Waals surface area contributed by atoms with Crippen LogP contribution in [0.3, 0.4) is 0 Å². The molecule has 1 aromatic carbocycles. The zero-order valence-electron chi connectivity index (χ0n) is 16.1. The Bertz CT molecular complexity index is 752. The fraction of sp³-hybridized carbons (Fsp3) is 0.524. The number of oxazole rings is 1. The van der Waals surface area contributed by atoms with Gasteiger partial charge in [-0.15, -0.1) is 0 Å². The lowest BCUT2D eigenvalue weighted by molar-refractivity contribution is -0.136. The van der Waals surface area contributed by atoms with Gasteiger partial charge < -0.3 is 15.1 Å². The maximum atomic E-state index is 12.8. The fourth-order valence-corrected chi connectivity index (χ4v) is 3.46. The van der Waals surface area contributed by atoms with Crippen molar-refractivity contribution < 1.29 is 9.21 Å². The van der Waals surface area contributed by atoms with Crippen LogP contribution in [0, 0.1) is 5.92 Å². The van der Waals surface area contributed by atoms with E-state index in [0.29, 0.717) is 5.89 Å². The first-order chi connectivity index (χ1) is 12.4. The normalized spacial score (nSPS) is 19.8. The minimum atomic E-state index is -0.205. The molecule has 2 aromatic rings. The summed E-state index contributed by atoms with van der Waals surface area (Å²) in [6, 6.07) is 9.82. The van der Waals surface area contributed by atoms with Crippen LogP contribution in [-0.2, 0) is 4.79 Å². The quantitative estimate of drug-likeness (QED) is 0.876. The molecule has 1 aliphatic rings. The number of hydrogen-bond donors (Lipinski definition) is 1. The lowest BCUT2D eigenvalue weighted by atomic mass is 10.0. The van der Waals surface area contributed by atoms with Crippen LogP contribution in [0.15, 0.2) is 34.7 Å². The van der Waals surface area contributed by atoms with Crippen molar-refractivity contribution in [3.8, 4) is 11.3 Å². The number of hydrogen-bond acceptors (Lipinski definition) is 4. The van der Waals surface area contributed by atoms with Gasteiger partial charge in [-0.25, -0.2) is 4.98 Å². The van der Waals surface area contributed by atoms with Gasteiger partial charge in [0.1, 0.15) is 17.5 Å². The SMILES string of the molecule is CC(C)c1oc(C2CCCN2C(=O)C(C)C(C)N)nc1-c1ccccc1. The topological polar surface area (TPSA) is 72.4 Å². The summed E-state index contributed by atoms with van der Waals surface area (Å²) in [5.74, 6) is 1.64. The molecule has 1 fully saturated rings. The molecule has 3 atom stereocenters. The molecule has 5 nitrogen and oxygen atoms in total. The maximum absolute atomic E-state index is 12.8. The molecule has 0 aliphatic carbocycles. The number of carbonyl (C=O) groups is 1. The maximum Gasteiger partial charge on any atom is 0.227 e. The molecular formula is C21H29N3O2. The molecule has 2 N–H and O–H groups in total. The minimum Gasteiger partial charge on any atom is -0.442 e. The van der Waals surface area contributed by atoms with Crippen molar-refractivity contribution in [1.82, 2.24) is 9.88 Å². The van der Waals surface area contributed by atoms with E-state index < -0.39 is 0 Å². The monoisotopic (exact) mass is 355 g/mol. The molecule has 0 bridgehead atoms. The van der Waals surface area contributed by atoms with Crippen LogP contribution in [0.4, 0.5) is 0 Å². The van der Waals surface area contributed by atoms with Crippen LogP contribution < -0.4 is 5.73 Å². The third-order valence-corrected chi connectivity index (χ3v) is 5.24. The first kappa shape index (κ1) is 18.6. The van der Waals surface area contributed by atoms with Crippen molar-refractivity contribution in [2.45, 2.75) is 58.5 Å². The van der Waals surface area contributed by atoms with E-state index in [1.54, 1.807) is 0 Å². The van der Waals surface area contributed by atoms with Gasteiger partial charge in [0.25, 0.3) is 0 Å². The van der Waals surface area contributed by atoms with Gasteiger partial charge in [-0.3, -0.25) is 4.79 Å². The Hall–Kier alpha value is -2.14. The molecule has 1 saturated heterocycles. The van der Waals surface area contributed by atoms with Gasteiger partial charge in [0.15, 0.2) is 0 Å². The zero-order chi connectivity index (χ0) is 18.8. The lowest BCUT2D eigenvalue weighted by Crippen LogP contribution is -2.41. The Labute approximate surface area is 155 Å². The Kier molecular flexibility index (Phi) is 5.47. The molecule has 0 spiro atoms. The number of benzene rings is 1. The van der Waals surface area contributed by atoms with Crippen molar-refractivity contribution >= 4 is 5.91 Å². The number of aromatic nitrogens is 1. The highest BCUT2D eigenvalue weighted by Crippen LogP contribution is 2.37. The van der Waals surface area contributed by atoms with Gasteiger partial charge in [0.05, 0.1) is 5.92 Å². The largest absolute Gasteiger partial charge is 0.442 e. The highest BCUT2D eigenvalue weighted by atomic mass is 16.4. The molecular weight excluding hydrogens is 326 g/mol. The first-order valence-electron chi connectivity index (χ1n) is 9.52. The second-order valence-corrected chi connectivity index (χ2v) is 7.62. The van der Waals surface area contributed by atoms with Crippen molar-refractivity contribution in [2.24, 2.45) is 11.7 Å². The number of rotatable bonds is 5. The van der Waals surface area contributed by atoms with E-state index in [4.69, 9.17) is 15.1 Å². The summed E-state index contributed by atoms with van der Waals surface area (Å²) in [5, 5.41) is 0. The van der Waals surface area contributed by atoms with E-state index >= 15 is 0 Å². The van der Waals surface area contributed by atoms with Gasteiger partial charge in [-0.1, -0.05) is 51.1 Å². The molecule has 5 heteroatoms. The second-order valence-electron chi connectivity index (χ2n) is 7.62. The van der Waals surface area contributed by atoms with Crippen LogP contribution in [0.5, 0.6) is 0 Å².